The van der Waals surface area contributed by atoms with Gasteiger partial charge in [-0.05, 0) is 60.2 Å². The largest absolute Gasteiger partial charge is 0.484 e. The fraction of sp³-hybridized carbons (Fsp3) is 0.167. The van der Waals surface area contributed by atoms with Gasteiger partial charge in [-0.15, -0.1) is 0 Å². The van der Waals surface area contributed by atoms with Crippen molar-refractivity contribution in [2.45, 2.75) is 24.1 Å². The summed E-state index contributed by atoms with van der Waals surface area (Å²) in [7, 11) is -3.85. The van der Waals surface area contributed by atoms with E-state index in [0.29, 0.717) is 6.54 Å². The SMILES string of the molecule is O=C(COc1cccc(S(=O)(=O)CC(O)Cn2c3ccc(Br)cc3c3cc(Br)ccc32)c1)NCc1ccccc1. The molecule has 0 bridgehead atoms. The molecule has 206 valence electrons. The highest BCUT2D eigenvalue weighted by molar-refractivity contribution is 9.10. The summed E-state index contributed by atoms with van der Waals surface area (Å²) in [5.74, 6) is -0.538. The fourth-order valence-electron chi connectivity index (χ4n) is 4.61. The maximum Gasteiger partial charge on any atom is 0.258 e. The number of hydrogen-bond donors (Lipinski definition) is 2. The smallest absolute Gasteiger partial charge is 0.258 e. The maximum absolute atomic E-state index is 13.2. The molecule has 1 heterocycles. The van der Waals surface area contributed by atoms with Crippen molar-refractivity contribution < 1.29 is 23.1 Å². The van der Waals surface area contributed by atoms with E-state index in [2.05, 4.69) is 37.2 Å². The summed E-state index contributed by atoms with van der Waals surface area (Å²) in [6.45, 7) is 0.217. The van der Waals surface area contributed by atoms with Crippen LogP contribution >= 0.6 is 31.9 Å². The minimum absolute atomic E-state index is 0.0174. The van der Waals surface area contributed by atoms with Crippen LogP contribution in [0.4, 0.5) is 0 Å². The molecule has 0 aliphatic heterocycles. The van der Waals surface area contributed by atoms with Crippen molar-refractivity contribution in [1.82, 2.24) is 9.88 Å². The van der Waals surface area contributed by atoms with Gasteiger partial charge in [0.2, 0.25) is 0 Å². The number of carbonyl (C=O) groups is 1. The molecule has 1 amide bonds. The predicted molar refractivity (Wildman–Crippen MR) is 163 cm³/mol. The number of benzene rings is 4. The molecule has 0 saturated carbocycles. The van der Waals surface area contributed by atoms with Crippen molar-refractivity contribution in [1.29, 1.82) is 0 Å². The molecule has 2 N–H and O–H groups in total. The molecular weight excluding hydrogens is 660 g/mol. The molecule has 5 rings (SSSR count). The van der Waals surface area contributed by atoms with Crippen molar-refractivity contribution in [2.24, 2.45) is 0 Å². The number of rotatable bonds is 10. The van der Waals surface area contributed by atoms with Gasteiger partial charge in [-0.1, -0.05) is 68.3 Å². The number of aromatic nitrogens is 1. The van der Waals surface area contributed by atoms with Crippen LogP contribution in [0.15, 0.2) is 105 Å². The molecule has 1 unspecified atom stereocenters. The average molecular weight is 686 g/mol. The van der Waals surface area contributed by atoms with Crippen LogP contribution in [0.5, 0.6) is 5.75 Å². The maximum atomic E-state index is 13.2. The molecule has 0 aliphatic carbocycles. The van der Waals surface area contributed by atoms with Crippen LogP contribution in [0, 0.1) is 0 Å². The molecule has 0 saturated heterocycles. The van der Waals surface area contributed by atoms with Gasteiger partial charge < -0.3 is 19.7 Å². The molecule has 5 aromatic rings. The summed E-state index contributed by atoms with van der Waals surface area (Å²) in [6.07, 6.45) is -1.16. The number of halogens is 2. The average Bonchev–Trinajstić information content (AvgIpc) is 3.22. The number of amides is 1. The molecular formula is C30H26Br2N2O5S. The molecule has 1 atom stereocenters. The van der Waals surface area contributed by atoms with Crippen LogP contribution in [-0.2, 0) is 27.7 Å². The Morgan fingerprint density at radius 1 is 0.875 bits per heavy atom. The summed E-state index contributed by atoms with van der Waals surface area (Å²) in [5.41, 5.74) is 2.76. The number of hydrogen-bond acceptors (Lipinski definition) is 5. The standard InChI is InChI=1S/C30H26Br2N2O5S/c31-21-9-11-28-26(13-21)27-14-22(32)10-12-29(27)34(28)17-23(35)19-40(37,38)25-8-4-7-24(15-25)39-18-30(36)33-16-20-5-2-1-3-6-20/h1-15,23,35H,16-19H2,(H,33,36). The molecule has 0 aliphatic rings. The van der Waals surface area contributed by atoms with Crippen LogP contribution in [0.2, 0.25) is 0 Å². The zero-order valence-electron chi connectivity index (χ0n) is 21.3. The van der Waals surface area contributed by atoms with E-state index in [1.165, 1.54) is 12.1 Å². The van der Waals surface area contributed by atoms with Crippen LogP contribution in [0.3, 0.4) is 0 Å². The van der Waals surface area contributed by atoms with Gasteiger partial charge >= 0.3 is 0 Å². The molecule has 0 fully saturated rings. The van der Waals surface area contributed by atoms with Crippen LogP contribution in [-0.4, -0.2) is 42.5 Å². The second-order valence-corrected chi connectivity index (χ2v) is 13.3. The summed E-state index contributed by atoms with van der Waals surface area (Å²) in [6, 6.07) is 27.2. The first-order valence-corrected chi connectivity index (χ1v) is 15.7. The monoisotopic (exact) mass is 684 g/mol. The first-order chi connectivity index (χ1) is 19.2. The third-order valence-corrected chi connectivity index (χ3v) is 9.24. The number of aliphatic hydroxyl groups is 1. The molecule has 4 aromatic carbocycles. The Morgan fingerprint density at radius 3 is 2.17 bits per heavy atom. The van der Waals surface area contributed by atoms with Crippen molar-refractivity contribution >= 4 is 69.4 Å². The number of sulfone groups is 1. The lowest BCUT2D eigenvalue weighted by atomic mass is 10.2. The molecule has 0 spiro atoms. The number of fused-ring (bicyclic) bond motifs is 3. The zero-order valence-corrected chi connectivity index (χ0v) is 25.2. The third kappa shape index (κ3) is 6.58. The lowest BCUT2D eigenvalue weighted by Crippen LogP contribution is -2.28. The zero-order chi connectivity index (χ0) is 28.3. The Kier molecular flexibility index (Phi) is 8.60. The lowest BCUT2D eigenvalue weighted by Gasteiger charge is -2.15. The van der Waals surface area contributed by atoms with E-state index < -0.39 is 21.7 Å². The van der Waals surface area contributed by atoms with Gasteiger partial charge in [0, 0.05) is 37.3 Å². The number of carbonyl (C=O) groups excluding carboxylic acids is 1. The molecule has 0 radical (unpaired) electrons. The topological polar surface area (TPSA) is 97.6 Å². The van der Waals surface area contributed by atoms with E-state index in [4.69, 9.17) is 4.74 Å². The molecule has 1 aromatic heterocycles. The second kappa shape index (κ2) is 12.1. The van der Waals surface area contributed by atoms with E-state index in [0.717, 1.165) is 36.3 Å². The second-order valence-electron chi connectivity index (χ2n) is 9.39. The molecule has 7 nitrogen and oxygen atoms in total. The highest BCUT2D eigenvalue weighted by atomic mass is 79.9. The predicted octanol–water partition coefficient (Wildman–Crippen LogP) is 5.85. The van der Waals surface area contributed by atoms with Gasteiger partial charge in [-0.25, -0.2) is 8.42 Å². The van der Waals surface area contributed by atoms with E-state index in [1.807, 2.05) is 71.3 Å². The number of ether oxygens (including phenoxy) is 1. The normalized spacial score (nSPS) is 12.5. The van der Waals surface area contributed by atoms with Crippen LogP contribution in [0.1, 0.15) is 5.56 Å². The van der Waals surface area contributed by atoms with Crippen molar-refractivity contribution in [3.63, 3.8) is 0 Å². The van der Waals surface area contributed by atoms with Crippen molar-refractivity contribution in [3.05, 3.63) is 106 Å². The Hall–Kier alpha value is -3.18. The van der Waals surface area contributed by atoms with Crippen LogP contribution < -0.4 is 10.1 Å². The number of aliphatic hydroxyl groups excluding tert-OH is 1. The van der Waals surface area contributed by atoms with Gasteiger partial charge in [0.15, 0.2) is 16.4 Å². The number of nitrogens with zero attached hydrogens (tertiary/aromatic N) is 1. The van der Waals surface area contributed by atoms with Gasteiger partial charge in [0.25, 0.3) is 5.91 Å². The summed E-state index contributed by atoms with van der Waals surface area (Å²) >= 11 is 7.04. The highest BCUT2D eigenvalue weighted by Crippen LogP contribution is 2.33. The number of nitrogens with one attached hydrogen (secondary N) is 1. The van der Waals surface area contributed by atoms with Gasteiger partial charge in [0.05, 0.1) is 23.3 Å². The van der Waals surface area contributed by atoms with Gasteiger partial charge in [-0.2, -0.15) is 0 Å². The summed E-state index contributed by atoms with van der Waals surface area (Å²) in [5, 5.41) is 15.7. The molecule has 10 heteroatoms. The summed E-state index contributed by atoms with van der Waals surface area (Å²) < 4.78 is 35.8. The Bertz CT molecular complexity index is 1730. The minimum atomic E-state index is -3.85. The minimum Gasteiger partial charge on any atom is -0.484 e. The Balaban J connectivity index is 1.26. The van der Waals surface area contributed by atoms with Crippen LogP contribution in [0.25, 0.3) is 21.8 Å². The Labute approximate surface area is 248 Å². The summed E-state index contributed by atoms with van der Waals surface area (Å²) in [4.78, 5) is 12.2. The third-order valence-electron chi connectivity index (χ3n) is 6.46. The molecule has 40 heavy (non-hydrogen) atoms. The van der Waals surface area contributed by atoms with Gasteiger partial charge in [-0.3, -0.25) is 4.79 Å². The van der Waals surface area contributed by atoms with E-state index >= 15 is 0 Å². The lowest BCUT2D eigenvalue weighted by molar-refractivity contribution is -0.123. The Morgan fingerprint density at radius 2 is 1.52 bits per heavy atom. The van der Waals surface area contributed by atoms with E-state index in [9.17, 15) is 18.3 Å². The highest BCUT2D eigenvalue weighted by Gasteiger charge is 2.23. The quantitative estimate of drug-likeness (QED) is 0.192. The van der Waals surface area contributed by atoms with Gasteiger partial charge in [0.1, 0.15) is 5.75 Å². The first kappa shape index (κ1) is 28.4. The van der Waals surface area contributed by atoms with Crippen molar-refractivity contribution in [2.75, 3.05) is 12.4 Å². The van der Waals surface area contributed by atoms with E-state index in [1.54, 1.807) is 12.1 Å². The fourth-order valence-corrected chi connectivity index (χ4v) is 6.72. The first-order valence-electron chi connectivity index (χ1n) is 12.5. The van der Waals surface area contributed by atoms with Crippen molar-refractivity contribution in [3.8, 4) is 5.75 Å². The van der Waals surface area contributed by atoms with E-state index in [-0.39, 0.29) is 29.7 Å².